The first-order valence-corrected chi connectivity index (χ1v) is 5.28. The Morgan fingerprint density at radius 2 is 2.45 bits per heavy atom. The molecule has 0 spiro atoms. The summed E-state index contributed by atoms with van der Waals surface area (Å²) in [5, 5.41) is 9.24. The molecule has 11 heavy (non-hydrogen) atoms. The minimum absolute atomic E-state index is 0.320. The molecule has 66 valence electrons. The van der Waals surface area contributed by atoms with E-state index in [0.717, 1.165) is 25.4 Å². The molecule has 0 amide bonds. The summed E-state index contributed by atoms with van der Waals surface area (Å²) < 4.78 is 5.33. The van der Waals surface area contributed by atoms with E-state index in [1.54, 1.807) is 0 Å². The lowest BCUT2D eigenvalue weighted by molar-refractivity contribution is 0.101. The Hall–Kier alpha value is 0.270. The van der Waals surface area contributed by atoms with E-state index in [4.69, 9.17) is 9.84 Å². The van der Waals surface area contributed by atoms with Gasteiger partial charge < -0.3 is 9.84 Å². The van der Waals surface area contributed by atoms with Crippen LogP contribution in [0.15, 0.2) is 0 Å². The smallest absolute Gasteiger partial charge is 0.0585 e. The molecule has 1 unspecified atom stereocenters. The Kier molecular flexibility index (Phi) is 4.99. The van der Waals surface area contributed by atoms with Crippen LogP contribution in [0.25, 0.3) is 0 Å². The Bertz CT molecular complexity index is 92.1. The number of ether oxygens (including phenoxy) is 1. The second kappa shape index (κ2) is 5.86. The molecule has 0 aromatic carbocycles. The number of hydrogen-bond acceptors (Lipinski definition) is 3. The molecule has 2 nitrogen and oxygen atoms in total. The maximum absolute atomic E-state index is 8.55. The zero-order valence-corrected chi connectivity index (χ0v) is 7.61. The lowest BCUT2D eigenvalue weighted by Crippen LogP contribution is -2.19. The highest BCUT2D eigenvalue weighted by atomic mass is 32.2. The van der Waals surface area contributed by atoms with Crippen molar-refractivity contribution in [2.45, 2.75) is 24.5 Å². The highest BCUT2D eigenvalue weighted by molar-refractivity contribution is 7.99. The number of hydrogen-bond donors (Lipinski definition) is 1. The topological polar surface area (TPSA) is 29.5 Å². The number of aliphatic hydroxyl groups excluding tert-OH is 1. The minimum Gasteiger partial charge on any atom is -0.396 e. The van der Waals surface area contributed by atoms with Crippen LogP contribution in [-0.4, -0.2) is 35.9 Å². The molecule has 1 heterocycles. The van der Waals surface area contributed by atoms with Crippen LogP contribution in [0.5, 0.6) is 0 Å². The fourth-order valence-corrected chi connectivity index (χ4v) is 2.31. The molecule has 1 saturated heterocycles. The van der Waals surface area contributed by atoms with Crippen LogP contribution < -0.4 is 0 Å². The number of rotatable bonds is 4. The van der Waals surface area contributed by atoms with Crippen molar-refractivity contribution < 1.29 is 9.84 Å². The quantitative estimate of drug-likeness (QED) is 0.654. The predicted molar refractivity (Wildman–Crippen MR) is 48.0 cm³/mol. The molecular formula is C8H16O2S. The standard InChI is InChI=1S/C8H16O2S/c9-4-2-6-11-8-3-1-5-10-7-8/h8-9H,1-7H2. The zero-order chi connectivity index (χ0) is 7.94. The molecule has 1 rings (SSSR count). The van der Waals surface area contributed by atoms with Gasteiger partial charge in [0.25, 0.3) is 0 Å². The van der Waals surface area contributed by atoms with Crippen LogP contribution in [0.2, 0.25) is 0 Å². The average molecular weight is 176 g/mol. The Labute approximate surface area is 72.3 Å². The second-order valence-corrected chi connectivity index (χ2v) is 4.20. The van der Waals surface area contributed by atoms with Crippen molar-refractivity contribution in [3.8, 4) is 0 Å². The molecule has 0 radical (unpaired) electrons. The van der Waals surface area contributed by atoms with Crippen molar-refractivity contribution in [1.29, 1.82) is 0 Å². The Morgan fingerprint density at radius 3 is 3.09 bits per heavy atom. The number of aliphatic hydroxyl groups is 1. The van der Waals surface area contributed by atoms with Gasteiger partial charge in [-0.1, -0.05) is 0 Å². The lowest BCUT2D eigenvalue weighted by atomic mass is 10.2. The largest absolute Gasteiger partial charge is 0.396 e. The van der Waals surface area contributed by atoms with E-state index >= 15 is 0 Å². The van der Waals surface area contributed by atoms with Gasteiger partial charge in [0.1, 0.15) is 0 Å². The average Bonchev–Trinajstić information content (AvgIpc) is 2.07. The summed E-state index contributed by atoms with van der Waals surface area (Å²) >= 11 is 1.94. The molecular weight excluding hydrogens is 160 g/mol. The van der Waals surface area contributed by atoms with Crippen LogP contribution >= 0.6 is 11.8 Å². The fourth-order valence-electron chi connectivity index (χ4n) is 1.16. The zero-order valence-electron chi connectivity index (χ0n) is 6.79. The van der Waals surface area contributed by atoms with E-state index in [-0.39, 0.29) is 0 Å². The molecule has 1 aliphatic rings. The van der Waals surface area contributed by atoms with Crippen molar-refractivity contribution in [1.82, 2.24) is 0 Å². The van der Waals surface area contributed by atoms with Crippen molar-refractivity contribution in [3.05, 3.63) is 0 Å². The summed E-state index contributed by atoms with van der Waals surface area (Å²) in [6.45, 7) is 2.17. The number of thioether (sulfide) groups is 1. The van der Waals surface area contributed by atoms with Crippen LogP contribution in [-0.2, 0) is 4.74 Å². The third kappa shape index (κ3) is 3.99. The van der Waals surface area contributed by atoms with Gasteiger partial charge in [-0.15, -0.1) is 0 Å². The van der Waals surface area contributed by atoms with Crippen molar-refractivity contribution in [2.75, 3.05) is 25.6 Å². The van der Waals surface area contributed by atoms with Crippen LogP contribution in [0.3, 0.4) is 0 Å². The first kappa shape index (κ1) is 9.36. The third-order valence-corrected chi connectivity index (χ3v) is 3.14. The van der Waals surface area contributed by atoms with E-state index in [9.17, 15) is 0 Å². The SMILES string of the molecule is OCCCSC1CCCOC1. The summed E-state index contributed by atoms with van der Waals surface area (Å²) in [6, 6.07) is 0. The van der Waals surface area contributed by atoms with Gasteiger partial charge in [-0.05, 0) is 25.0 Å². The summed E-state index contributed by atoms with van der Waals surface area (Å²) in [5.41, 5.74) is 0. The lowest BCUT2D eigenvalue weighted by Gasteiger charge is -2.21. The van der Waals surface area contributed by atoms with Gasteiger partial charge in [-0.2, -0.15) is 11.8 Å². The molecule has 1 aliphatic heterocycles. The van der Waals surface area contributed by atoms with Gasteiger partial charge in [-0.25, -0.2) is 0 Å². The Morgan fingerprint density at radius 1 is 1.55 bits per heavy atom. The second-order valence-electron chi connectivity index (χ2n) is 2.79. The van der Waals surface area contributed by atoms with Crippen LogP contribution in [0.4, 0.5) is 0 Å². The van der Waals surface area contributed by atoms with Gasteiger partial charge in [0.2, 0.25) is 0 Å². The summed E-state index contributed by atoms with van der Waals surface area (Å²) in [4.78, 5) is 0. The van der Waals surface area contributed by atoms with Crippen molar-refractivity contribution in [3.63, 3.8) is 0 Å². The molecule has 0 bridgehead atoms. The Balaban J connectivity index is 1.96. The van der Waals surface area contributed by atoms with Crippen LogP contribution in [0, 0.1) is 0 Å². The monoisotopic (exact) mass is 176 g/mol. The van der Waals surface area contributed by atoms with E-state index in [1.807, 2.05) is 11.8 Å². The third-order valence-electron chi connectivity index (χ3n) is 1.77. The molecule has 0 saturated carbocycles. The molecule has 1 atom stereocenters. The molecule has 3 heteroatoms. The van der Waals surface area contributed by atoms with E-state index < -0.39 is 0 Å². The van der Waals surface area contributed by atoms with E-state index in [2.05, 4.69) is 0 Å². The molecule has 1 fully saturated rings. The van der Waals surface area contributed by atoms with Gasteiger partial charge in [-0.3, -0.25) is 0 Å². The molecule has 0 aromatic heterocycles. The van der Waals surface area contributed by atoms with Gasteiger partial charge in [0.15, 0.2) is 0 Å². The van der Waals surface area contributed by atoms with Crippen molar-refractivity contribution in [2.24, 2.45) is 0 Å². The van der Waals surface area contributed by atoms with Gasteiger partial charge in [0.05, 0.1) is 6.61 Å². The van der Waals surface area contributed by atoms with E-state index in [0.29, 0.717) is 11.9 Å². The molecule has 0 aromatic rings. The highest BCUT2D eigenvalue weighted by Gasteiger charge is 2.12. The first-order valence-electron chi connectivity index (χ1n) is 4.23. The maximum Gasteiger partial charge on any atom is 0.0585 e. The van der Waals surface area contributed by atoms with E-state index in [1.165, 1.54) is 12.8 Å². The normalized spacial score (nSPS) is 25.4. The van der Waals surface area contributed by atoms with Gasteiger partial charge in [0, 0.05) is 18.5 Å². The summed E-state index contributed by atoms with van der Waals surface area (Å²) in [6.07, 6.45) is 3.41. The first-order chi connectivity index (χ1) is 5.43. The highest BCUT2D eigenvalue weighted by Crippen LogP contribution is 2.20. The van der Waals surface area contributed by atoms with Crippen molar-refractivity contribution >= 4 is 11.8 Å². The maximum atomic E-state index is 8.55. The predicted octanol–water partition coefficient (Wildman–Crippen LogP) is 1.28. The summed E-state index contributed by atoms with van der Waals surface area (Å²) in [7, 11) is 0. The molecule has 1 N–H and O–H groups in total. The minimum atomic E-state index is 0.320. The summed E-state index contributed by atoms with van der Waals surface area (Å²) in [5.74, 6) is 1.07. The fraction of sp³-hybridized carbons (Fsp3) is 1.00. The molecule has 0 aliphatic carbocycles. The van der Waals surface area contributed by atoms with Gasteiger partial charge >= 0.3 is 0 Å². The van der Waals surface area contributed by atoms with Crippen LogP contribution in [0.1, 0.15) is 19.3 Å².